The van der Waals surface area contributed by atoms with Crippen LogP contribution in [-0.4, -0.2) is 46.2 Å². The molecule has 1 aromatic rings. The standard InChI is InChI=1S/C15H23N3O4S/c1-4-17-8-12(13(16-17)10-5-6-10)23(21,22)18-9-15(2,3)7-11(18)14(19)20/h8,10-11H,4-7,9H2,1-3H3,(H,19,20). The molecule has 0 bridgehead atoms. The van der Waals surface area contributed by atoms with Gasteiger partial charge in [0.15, 0.2) is 0 Å². The van der Waals surface area contributed by atoms with Crippen LogP contribution in [0.1, 0.15) is 51.6 Å². The molecule has 1 aliphatic heterocycles. The van der Waals surface area contributed by atoms with E-state index in [9.17, 15) is 18.3 Å². The van der Waals surface area contributed by atoms with Gasteiger partial charge in [-0.3, -0.25) is 9.48 Å². The maximum absolute atomic E-state index is 13.1. The lowest BCUT2D eigenvalue weighted by atomic mass is 9.91. The van der Waals surface area contributed by atoms with Gasteiger partial charge in [0.25, 0.3) is 0 Å². The first-order valence-corrected chi connectivity index (χ1v) is 9.42. The number of aromatic nitrogens is 2. The Balaban J connectivity index is 2.04. The van der Waals surface area contributed by atoms with Gasteiger partial charge in [-0.1, -0.05) is 13.8 Å². The van der Waals surface area contributed by atoms with Crippen molar-refractivity contribution in [3.05, 3.63) is 11.9 Å². The number of sulfonamides is 1. The summed E-state index contributed by atoms with van der Waals surface area (Å²) in [6, 6.07) is -1.01. The maximum atomic E-state index is 13.1. The van der Waals surface area contributed by atoms with E-state index in [0.717, 1.165) is 17.1 Å². The van der Waals surface area contributed by atoms with Crippen LogP contribution in [-0.2, 0) is 21.4 Å². The van der Waals surface area contributed by atoms with Gasteiger partial charge in [0, 0.05) is 25.2 Å². The summed E-state index contributed by atoms with van der Waals surface area (Å²) in [4.78, 5) is 11.7. The largest absolute Gasteiger partial charge is 0.480 e. The number of carboxylic acid groups (broad SMARTS) is 1. The highest BCUT2D eigenvalue weighted by Crippen LogP contribution is 2.44. The van der Waals surface area contributed by atoms with Crippen molar-refractivity contribution in [3.8, 4) is 0 Å². The molecule has 1 aromatic heterocycles. The van der Waals surface area contributed by atoms with Crippen LogP contribution < -0.4 is 0 Å². The van der Waals surface area contributed by atoms with Crippen molar-refractivity contribution in [1.82, 2.24) is 14.1 Å². The van der Waals surface area contributed by atoms with Crippen molar-refractivity contribution in [2.45, 2.75) is 63.4 Å². The molecule has 1 atom stereocenters. The number of nitrogens with zero attached hydrogens (tertiary/aromatic N) is 3. The van der Waals surface area contributed by atoms with Gasteiger partial charge >= 0.3 is 5.97 Å². The molecule has 0 radical (unpaired) electrons. The Bertz CT molecular complexity index is 734. The van der Waals surface area contributed by atoms with Crippen molar-refractivity contribution in [3.63, 3.8) is 0 Å². The molecule has 2 fully saturated rings. The summed E-state index contributed by atoms with van der Waals surface area (Å²) in [7, 11) is -3.86. The van der Waals surface area contributed by atoms with Crippen molar-refractivity contribution in [2.24, 2.45) is 5.41 Å². The minimum absolute atomic E-state index is 0.186. The molecule has 0 spiro atoms. The van der Waals surface area contributed by atoms with E-state index in [1.54, 1.807) is 10.9 Å². The number of hydrogen-bond donors (Lipinski definition) is 1. The summed E-state index contributed by atoms with van der Waals surface area (Å²) < 4.78 is 29.0. The molecule has 3 rings (SSSR count). The third-order valence-corrected chi connectivity index (χ3v) is 6.46. The Hall–Kier alpha value is -1.41. The predicted octanol–water partition coefficient (Wildman–Crippen LogP) is 1.65. The molecule has 2 heterocycles. The van der Waals surface area contributed by atoms with Crippen molar-refractivity contribution >= 4 is 16.0 Å². The van der Waals surface area contributed by atoms with Crippen LogP contribution in [0.2, 0.25) is 0 Å². The summed E-state index contributed by atoms with van der Waals surface area (Å²) in [5.41, 5.74) is 0.247. The van der Waals surface area contributed by atoms with Gasteiger partial charge in [-0.15, -0.1) is 0 Å². The van der Waals surface area contributed by atoms with E-state index >= 15 is 0 Å². The fourth-order valence-electron chi connectivity index (χ4n) is 3.23. The van der Waals surface area contributed by atoms with Crippen molar-refractivity contribution in [2.75, 3.05) is 6.54 Å². The monoisotopic (exact) mass is 341 g/mol. The van der Waals surface area contributed by atoms with E-state index in [0.29, 0.717) is 18.7 Å². The van der Waals surface area contributed by atoms with Gasteiger partial charge in [-0.05, 0) is 31.6 Å². The van der Waals surface area contributed by atoms with Gasteiger partial charge in [0.1, 0.15) is 10.9 Å². The zero-order valence-corrected chi connectivity index (χ0v) is 14.5. The zero-order chi connectivity index (χ0) is 17.0. The van der Waals surface area contributed by atoms with Crippen LogP contribution >= 0.6 is 0 Å². The topological polar surface area (TPSA) is 92.5 Å². The van der Waals surface area contributed by atoms with Gasteiger partial charge in [-0.25, -0.2) is 8.42 Å². The molecule has 1 aliphatic carbocycles. The first-order chi connectivity index (χ1) is 10.7. The van der Waals surface area contributed by atoms with Gasteiger partial charge in [0.05, 0.1) is 5.69 Å². The Labute approximate surface area is 136 Å². The summed E-state index contributed by atoms with van der Waals surface area (Å²) in [5.74, 6) is -0.901. The fourth-order valence-corrected chi connectivity index (χ4v) is 5.23. The lowest BCUT2D eigenvalue weighted by Crippen LogP contribution is -2.40. The Kier molecular flexibility index (Phi) is 3.79. The lowest BCUT2D eigenvalue weighted by molar-refractivity contribution is -0.140. The van der Waals surface area contributed by atoms with E-state index in [4.69, 9.17) is 0 Å². The molecule has 0 aromatic carbocycles. The summed E-state index contributed by atoms with van der Waals surface area (Å²) >= 11 is 0. The van der Waals surface area contributed by atoms with Gasteiger partial charge in [-0.2, -0.15) is 9.40 Å². The zero-order valence-electron chi connectivity index (χ0n) is 13.7. The highest BCUT2D eigenvalue weighted by molar-refractivity contribution is 7.89. The van der Waals surface area contributed by atoms with E-state index < -0.39 is 22.0 Å². The highest BCUT2D eigenvalue weighted by Gasteiger charge is 2.49. The van der Waals surface area contributed by atoms with E-state index in [1.807, 2.05) is 20.8 Å². The fraction of sp³-hybridized carbons (Fsp3) is 0.733. The summed E-state index contributed by atoms with van der Waals surface area (Å²) in [5, 5.41) is 13.8. The van der Waals surface area contributed by atoms with Crippen LogP contribution in [0.4, 0.5) is 0 Å². The number of aryl methyl sites for hydroxylation is 1. The molecular formula is C15H23N3O4S. The number of hydrogen-bond acceptors (Lipinski definition) is 4. The predicted molar refractivity (Wildman–Crippen MR) is 83.6 cm³/mol. The second-order valence-electron chi connectivity index (χ2n) is 7.28. The van der Waals surface area contributed by atoms with Crippen molar-refractivity contribution < 1.29 is 18.3 Å². The number of carbonyl (C=O) groups is 1. The Morgan fingerprint density at radius 2 is 2.09 bits per heavy atom. The lowest BCUT2D eigenvalue weighted by Gasteiger charge is -2.21. The molecule has 2 aliphatic rings. The quantitative estimate of drug-likeness (QED) is 0.879. The average molecular weight is 341 g/mol. The second kappa shape index (κ2) is 5.31. The molecule has 1 saturated carbocycles. The van der Waals surface area contributed by atoms with Crippen LogP contribution in [0.3, 0.4) is 0 Å². The number of rotatable bonds is 5. The minimum atomic E-state index is -3.86. The normalized spacial score (nSPS) is 24.9. The molecule has 8 heteroatoms. The van der Waals surface area contributed by atoms with E-state index in [1.165, 1.54) is 0 Å². The summed E-state index contributed by atoms with van der Waals surface area (Å²) in [6.45, 7) is 6.50. The van der Waals surface area contributed by atoms with Crippen LogP contribution in [0.15, 0.2) is 11.1 Å². The molecule has 23 heavy (non-hydrogen) atoms. The SMILES string of the molecule is CCn1cc(S(=O)(=O)N2CC(C)(C)CC2C(=O)O)c(C2CC2)n1. The average Bonchev–Trinajstić information content (AvgIpc) is 3.10. The van der Waals surface area contributed by atoms with Gasteiger partial charge in [0.2, 0.25) is 10.0 Å². The number of carboxylic acids is 1. The molecule has 1 N–H and O–H groups in total. The summed E-state index contributed by atoms with van der Waals surface area (Å²) in [6.07, 6.45) is 3.75. The van der Waals surface area contributed by atoms with Crippen molar-refractivity contribution in [1.29, 1.82) is 0 Å². The molecule has 1 saturated heterocycles. The molecule has 128 valence electrons. The van der Waals surface area contributed by atoms with Crippen LogP contribution in [0.5, 0.6) is 0 Å². The highest BCUT2D eigenvalue weighted by atomic mass is 32.2. The first kappa shape index (κ1) is 16.4. The minimum Gasteiger partial charge on any atom is -0.480 e. The molecule has 7 nitrogen and oxygen atoms in total. The van der Waals surface area contributed by atoms with Gasteiger partial charge < -0.3 is 5.11 Å². The molecule has 1 unspecified atom stereocenters. The Morgan fingerprint density at radius 1 is 1.43 bits per heavy atom. The second-order valence-corrected chi connectivity index (χ2v) is 9.14. The molecule has 0 amide bonds. The maximum Gasteiger partial charge on any atom is 0.322 e. The molecular weight excluding hydrogens is 318 g/mol. The Morgan fingerprint density at radius 3 is 2.61 bits per heavy atom. The first-order valence-electron chi connectivity index (χ1n) is 7.98. The van der Waals surface area contributed by atoms with E-state index in [2.05, 4.69) is 5.10 Å². The number of aliphatic carboxylic acids is 1. The third-order valence-electron chi connectivity index (χ3n) is 4.59. The third kappa shape index (κ3) is 2.89. The smallest absolute Gasteiger partial charge is 0.322 e. The van der Waals surface area contributed by atoms with Crippen LogP contribution in [0.25, 0.3) is 0 Å². The van der Waals surface area contributed by atoms with E-state index in [-0.39, 0.29) is 22.8 Å². The van der Waals surface area contributed by atoms with Crippen LogP contribution in [0, 0.1) is 5.41 Å².